The molecule has 1 N–H and O–H groups in total. The summed E-state index contributed by atoms with van der Waals surface area (Å²) in [7, 11) is 1.58. The lowest BCUT2D eigenvalue weighted by atomic mass is 10.1. The largest absolute Gasteiger partial charge is 0.496 e. The minimum atomic E-state index is -0.930. The highest BCUT2D eigenvalue weighted by molar-refractivity contribution is 7.13. The van der Waals surface area contributed by atoms with Crippen molar-refractivity contribution in [3.05, 3.63) is 41.3 Å². The fourth-order valence-electron chi connectivity index (χ4n) is 1.47. The van der Waals surface area contributed by atoms with Gasteiger partial charge in [-0.1, -0.05) is 6.07 Å². The van der Waals surface area contributed by atoms with E-state index in [-0.39, 0.29) is 5.56 Å². The zero-order chi connectivity index (χ0) is 11.5. The summed E-state index contributed by atoms with van der Waals surface area (Å²) in [6.45, 7) is 0. The monoisotopic (exact) mass is 234 g/mol. The molecule has 0 aliphatic rings. The fraction of sp³-hybridized carbons (Fsp3) is 0.0833. The predicted molar refractivity (Wildman–Crippen MR) is 63.3 cm³/mol. The number of methoxy groups -OCH3 is 1. The lowest BCUT2D eigenvalue weighted by Gasteiger charge is -2.07. The van der Waals surface area contributed by atoms with E-state index in [1.165, 1.54) is 6.07 Å². The van der Waals surface area contributed by atoms with Gasteiger partial charge in [0.15, 0.2) is 0 Å². The third-order valence-corrected chi connectivity index (χ3v) is 3.14. The van der Waals surface area contributed by atoms with E-state index in [1.54, 1.807) is 30.6 Å². The molecule has 1 aromatic heterocycles. The third-order valence-electron chi connectivity index (χ3n) is 2.23. The van der Waals surface area contributed by atoms with E-state index in [4.69, 9.17) is 9.84 Å². The maximum atomic E-state index is 10.9. The van der Waals surface area contributed by atoms with Crippen LogP contribution in [-0.4, -0.2) is 18.2 Å². The van der Waals surface area contributed by atoms with Gasteiger partial charge in [-0.3, -0.25) is 0 Å². The van der Waals surface area contributed by atoms with Gasteiger partial charge in [0, 0.05) is 10.4 Å². The van der Waals surface area contributed by atoms with Crippen LogP contribution >= 0.6 is 11.3 Å². The Balaban J connectivity index is 2.56. The highest BCUT2D eigenvalue weighted by atomic mass is 32.1. The highest BCUT2D eigenvalue weighted by Gasteiger charge is 2.11. The van der Waals surface area contributed by atoms with Crippen molar-refractivity contribution in [2.45, 2.75) is 0 Å². The van der Waals surface area contributed by atoms with Crippen LogP contribution in [0.4, 0.5) is 0 Å². The number of hydrogen-bond acceptors (Lipinski definition) is 3. The third kappa shape index (κ3) is 1.92. The lowest BCUT2D eigenvalue weighted by molar-refractivity contribution is 0.0697. The Hall–Kier alpha value is -1.81. The van der Waals surface area contributed by atoms with Crippen molar-refractivity contribution >= 4 is 17.3 Å². The topological polar surface area (TPSA) is 46.5 Å². The molecule has 2 aromatic rings. The molecule has 0 saturated carbocycles. The molecule has 0 spiro atoms. The SMILES string of the molecule is COc1ccc(C(=O)O)cc1-c1cccs1. The van der Waals surface area contributed by atoms with E-state index in [1.807, 2.05) is 17.5 Å². The molecule has 1 heterocycles. The first-order chi connectivity index (χ1) is 7.72. The zero-order valence-electron chi connectivity index (χ0n) is 8.64. The molecule has 1 aromatic carbocycles. The minimum Gasteiger partial charge on any atom is -0.496 e. The van der Waals surface area contributed by atoms with Gasteiger partial charge in [0.2, 0.25) is 0 Å². The number of carboxylic acid groups (broad SMARTS) is 1. The molecule has 0 bridgehead atoms. The Morgan fingerprint density at radius 3 is 2.75 bits per heavy atom. The number of hydrogen-bond donors (Lipinski definition) is 1. The molecule has 0 aliphatic carbocycles. The van der Waals surface area contributed by atoms with Gasteiger partial charge in [-0.05, 0) is 29.6 Å². The minimum absolute atomic E-state index is 0.268. The standard InChI is InChI=1S/C12H10O3S/c1-15-10-5-4-8(12(13)14)7-9(10)11-3-2-6-16-11/h2-7H,1H3,(H,13,14). The Kier molecular flexibility index (Phi) is 2.92. The van der Waals surface area contributed by atoms with Crippen LogP contribution in [-0.2, 0) is 0 Å². The molecule has 82 valence electrons. The summed E-state index contributed by atoms with van der Waals surface area (Å²) in [5.41, 5.74) is 1.08. The summed E-state index contributed by atoms with van der Waals surface area (Å²) in [5.74, 6) is -0.243. The Bertz CT molecular complexity index is 503. The molecule has 4 heteroatoms. The van der Waals surface area contributed by atoms with Crippen LogP contribution in [0, 0.1) is 0 Å². The summed E-state index contributed by atoms with van der Waals surface area (Å²) >= 11 is 1.55. The molecule has 0 amide bonds. The maximum Gasteiger partial charge on any atom is 0.335 e. The maximum absolute atomic E-state index is 10.9. The van der Waals surface area contributed by atoms with Crippen molar-refractivity contribution in [2.75, 3.05) is 7.11 Å². The molecule has 3 nitrogen and oxygen atoms in total. The summed E-state index contributed by atoms with van der Waals surface area (Å²) in [5, 5.41) is 10.9. The van der Waals surface area contributed by atoms with Crippen LogP contribution in [0.5, 0.6) is 5.75 Å². The van der Waals surface area contributed by atoms with Crippen LogP contribution in [0.2, 0.25) is 0 Å². The van der Waals surface area contributed by atoms with E-state index in [9.17, 15) is 4.79 Å². The van der Waals surface area contributed by atoms with Gasteiger partial charge in [0.1, 0.15) is 5.75 Å². The van der Waals surface area contributed by atoms with Gasteiger partial charge in [-0.25, -0.2) is 4.79 Å². The van der Waals surface area contributed by atoms with Gasteiger partial charge in [0.05, 0.1) is 12.7 Å². The van der Waals surface area contributed by atoms with Gasteiger partial charge < -0.3 is 9.84 Å². The number of aromatic carboxylic acids is 1. The molecular weight excluding hydrogens is 224 g/mol. The van der Waals surface area contributed by atoms with Crippen molar-refractivity contribution < 1.29 is 14.6 Å². The Morgan fingerprint density at radius 1 is 1.38 bits per heavy atom. The smallest absolute Gasteiger partial charge is 0.335 e. The predicted octanol–water partition coefficient (Wildman–Crippen LogP) is 3.12. The van der Waals surface area contributed by atoms with E-state index in [0.29, 0.717) is 5.75 Å². The van der Waals surface area contributed by atoms with Crippen LogP contribution in [0.3, 0.4) is 0 Å². The van der Waals surface area contributed by atoms with Crippen molar-refractivity contribution in [1.29, 1.82) is 0 Å². The molecule has 0 aliphatic heterocycles. The average Bonchev–Trinajstić information content (AvgIpc) is 2.81. The van der Waals surface area contributed by atoms with Crippen LogP contribution < -0.4 is 4.74 Å². The molecule has 0 saturated heterocycles. The highest BCUT2D eigenvalue weighted by Crippen LogP contribution is 2.33. The van der Waals surface area contributed by atoms with Gasteiger partial charge >= 0.3 is 5.97 Å². The second-order valence-electron chi connectivity index (χ2n) is 3.20. The molecule has 0 fully saturated rings. The second-order valence-corrected chi connectivity index (χ2v) is 4.15. The molecular formula is C12H10O3S. The molecule has 16 heavy (non-hydrogen) atoms. The quantitative estimate of drug-likeness (QED) is 0.887. The average molecular weight is 234 g/mol. The first-order valence-electron chi connectivity index (χ1n) is 4.67. The van der Waals surface area contributed by atoms with Gasteiger partial charge in [0.25, 0.3) is 0 Å². The van der Waals surface area contributed by atoms with E-state index in [2.05, 4.69) is 0 Å². The number of carboxylic acids is 1. The molecule has 0 radical (unpaired) electrons. The Morgan fingerprint density at radius 2 is 2.19 bits per heavy atom. The van der Waals surface area contributed by atoms with Gasteiger partial charge in [-0.2, -0.15) is 0 Å². The number of thiophene rings is 1. The number of ether oxygens (including phenoxy) is 1. The number of carbonyl (C=O) groups is 1. The molecule has 0 unspecified atom stereocenters. The normalized spacial score (nSPS) is 10.1. The second kappa shape index (κ2) is 4.37. The first-order valence-corrected chi connectivity index (χ1v) is 5.55. The fourth-order valence-corrected chi connectivity index (χ4v) is 2.21. The van der Waals surface area contributed by atoms with E-state index >= 15 is 0 Å². The molecule has 2 rings (SSSR count). The van der Waals surface area contributed by atoms with E-state index in [0.717, 1.165) is 10.4 Å². The lowest BCUT2D eigenvalue weighted by Crippen LogP contribution is -1.97. The van der Waals surface area contributed by atoms with E-state index < -0.39 is 5.97 Å². The first kappa shape index (κ1) is 10.7. The number of benzene rings is 1. The van der Waals surface area contributed by atoms with Crippen LogP contribution in [0.25, 0.3) is 10.4 Å². The molecule has 0 atom stereocenters. The van der Waals surface area contributed by atoms with Crippen LogP contribution in [0.1, 0.15) is 10.4 Å². The zero-order valence-corrected chi connectivity index (χ0v) is 9.45. The Labute approximate surface area is 96.9 Å². The summed E-state index contributed by atoms with van der Waals surface area (Å²) < 4.78 is 5.22. The van der Waals surface area contributed by atoms with Crippen molar-refractivity contribution in [3.63, 3.8) is 0 Å². The summed E-state index contributed by atoms with van der Waals surface area (Å²) in [6.07, 6.45) is 0. The van der Waals surface area contributed by atoms with Crippen molar-refractivity contribution in [3.8, 4) is 16.2 Å². The van der Waals surface area contributed by atoms with Crippen LogP contribution in [0.15, 0.2) is 35.7 Å². The van der Waals surface area contributed by atoms with Crippen molar-refractivity contribution in [2.24, 2.45) is 0 Å². The van der Waals surface area contributed by atoms with Gasteiger partial charge in [-0.15, -0.1) is 11.3 Å². The number of rotatable bonds is 3. The van der Waals surface area contributed by atoms with Crippen molar-refractivity contribution in [1.82, 2.24) is 0 Å². The summed E-state index contributed by atoms with van der Waals surface area (Å²) in [4.78, 5) is 11.9. The summed E-state index contributed by atoms with van der Waals surface area (Å²) in [6, 6.07) is 8.71.